The molecule has 1 aromatic rings. The lowest BCUT2D eigenvalue weighted by molar-refractivity contribution is -0.217. The number of benzene rings is 1. The fraction of sp³-hybridized carbons (Fsp3) is 0.533. The third-order valence-corrected chi connectivity index (χ3v) is 6.12. The van der Waals surface area contributed by atoms with Gasteiger partial charge in [-0.1, -0.05) is 13.8 Å². The van der Waals surface area contributed by atoms with Crippen molar-refractivity contribution in [2.24, 2.45) is 5.92 Å². The van der Waals surface area contributed by atoms with Crippen molar-refractivity contribution in [1.29, 1.82) is 0 Å². The van der Waals surface area contributed by atoms with Gasteiger partial charge < -0.3 is 9.84 Å². The van der Waals surface area contributed by atoms with Crippen molar-refractivity contribution in [3.05, 3.63) is 23.8 Å². The molecule has 1 N–H and O–H groups in total. The summed E-state index contributed by atoms with van der Waals surface area (Å²) in [7, 11) is -3.81. The van der Waals surface area contributed by atoms with E-state index in [4.69, 9.17) is 9.84 Å². The molecule has 0 fully saturated rings. The number of carboxylic acids is 1. The molecule has 1 aliphatic rings. The molecule has 1 heterocycles. The first-order valence-electron chi connectivity index (χ1n) is 7.61. The SMILES string of the molecule is CCN(CC)S(=O)(=O)c1ccc2c(c1)CC(C(=O)O)C(C(F)(F)F)O2. The van der Waals surface area contributed by atoms with Crippen molar-refractivity contribution in [3.8, 4) is 5.75 Å². The van der Waals surface area contributed by atoms with Crippen LogP contribution in [0.1, 0.15) is 19.4 Å². The Bertz CT molecular complexity index is 759. The van der Waals surface area contributed by atoms with Crippen LogP contribution >= 0.6 is 0 Å². The Kier molecular flexibility index (Phi) is 5.33. The molecule has 0 saturated heterocycles. The maximum absolute atomic E-state index is 13.0. The number of carboxylic acid groups (broad SMARTS) is 1. The molecule has 6 nitrogen and oxygen atoms in total. The molecule has 0 radical (unpaired) electrons. The number of halogens is 3. The second-order valence-corrected chi connectivity index (χ2v) is 7.53. The Balaban J connectivity index is 2.45. The first-order valence-corrected chi connectivity index (χ1v) is 9.05. The highest BCUT2D eigenvalue weighted by Crippen LogP contribution is 2.39. The Morgan fingerprint density at radius 3 is 2.40 bits per heavy atom. The molecule has 25 heavy (non-hydrogen) atoms. The van der Waals surface area contributed by atoms with Crippen LogP contribution in [0.4, 0.5) is 13.2 Å². The number of rotatable bonds is 5. The highest BCUT2D eigenvalue weighted by molar-refractivity contribution is 7.89. The Morgan fingerprint density at radius 2 is 1.92 bits per heavy atom. The lowest BCUT2D eigenvalue weighted by atomic mass is 9.90. The van der Waals surface area contributed by atoms with Gasteiger partial charge in [-0.25, -0.2) is 8.42 Å². The second kappa shape index (κ2) is 6.83. The molecule has 10 heteroatoms. The number of aliphatic carboxylic acids is 1. The van der Waals surface area contributed by atoms with Crippen LogP contribution in [-0.4, -0.2) is 49.2 Å². The molecule has 1 aromatic carbocycles. The van der Waals surface area contributed by atoms with Crippen LogP contribution in [0.5, 0.6) is 5.75 Å². The molecular formula is C15H18F3NO5S. The number of hydrogen-bond acceptors (Lipinski definition) is 4. The average molecular weight is 381 g/mol. The number of ether oxygens (including phenoxy) is 1. The van der Waals surface area contributed by atoms with Gasteiger partial charge in [0.05, 0.1) is 4.90 Å². The van der Waals surface area contributed by atoms with E-state index in [2.05, 4.69) is 0 Å². The predicted molar refractivity (Wildman–Crippen MR) is 81.8 cm³/mol. The van der Waals surface area contributed by atoms with Crippen LogP contribution in [-0.2, 0) is 21.2 Å². The van der Waals surface area contributed by atoms with Crippen molar-refractivity contribution in [1.82, 2.24) is 4.31 Å². The third-order valence-electron chi connectivity index (χ3n) is 4.07. The summed E-state index contributed by atoms with van der Waals surface area (Å²) >= 11 is 0. The lowest BCUT2D eigenvalue weighted by Crippen LogP contribution is -2.47. The zero-order valence-corrected chi connectivity index (χ0v) is 14.4. The molecule has 0 bridgehead atoms. The summed E-state index contributed by atoms with van der Waals surface area (Å²) in [6.45, 7) is 3.80. The van der Waals surface area contributed by atoms with Gasteiger partial charge in [-0.15, -0.1) is 0 Å². The maximum atomic E-state index is 13.0. The van der Waals surface area contributed by atoms with E-state index < -0.39 is 40.6 Å². The summed E-state index contributed by atoms with van der Waals surface area (Å²) in [5.74, 6) is -3.64. The van der Waals surface area contributed by atoms with Crippen LogP contribution in [0, 0.1) is 5.92 Å². The van der Waals surface area contributed by atoms with Gasteiger partial charge in [-0.2, -0.15) is 17.5 Å². The van der Waals surface area contributed by atoms with E-state index in [-0.39, 0.29) is 29.3 Å². The molecule has 0 aromatic heterocycles. The van der Waals surface area contributed by atoms with E-state index in [1.807, 2.05) is 0 Å². The minimum absolute atomic E-state index is 0.104. The molecule has 2 atom stereocenters. The topological polar surface area (TPSA) is 83.9 Å². The van der Waals surface area contributed by atoms with Crippen LogP contribution in [0.3, 0.4) is 0 Å². The van der Waals surface area contributed by atoms with Crippen molar-refractivity contribution in [2.75, 3.05) is 13.1 Å². The van der Waals surface area contributed by atoms with Gasteiger partial charge in [0, 0.05) is 13.1 Å². The average Bonchev–Trinajstić information content (AvgIpc) is 2.53. The van der Waals surface area contributed by atoms with Gasteiger partial charge in [-0.3, -0.25) is 4.79 Å². The summed E-state index contributed by atoms with van der Waals surface area (Å²) in [4.78, 5) is 11.1. The zero-order chi connectivity index (χ0) is 19.0. The molecule has 0 amide bonds. The van der Waals surface area contributed by atoms with Crippen LogP contribution in [0.25, 0.3) is 0 Å². The molecule has 2 unspecified atom stereocenters. The highest BCUT2D eigenvalue weighted by Gasteiger charge is 2.52. The van der Waals surface area contributed by atoms with Gasteiger partial charge in [0.15, 0.2) is 0 Å². The lowest BCUT2D eigenvalue weighted by Gasteiger charge is -2.32. The van der Waals surface area contributed by atoms with Gasteiger partial charge in [0.25, 0.3) is 0 Å². The van der Waals surface area contributed by atoms with Gasteiger partial charge >= 0.3 is 12.1 Å². The molecular weight excluding hydrogens is 363 g/mol. The first-order chi connectivity index (χ1) is 11.5. The largest absolute Gasteiger partial charge is 0.481 e. The Labute approximate surface area is 143 Å². The third kappa shape index (κ3) is 3.74. The van der Waals surface area contributed by atoms with E-state index in [9.17, 15) is 26.4 Å². The summed E-state index contributed by atoms with van der Waals surface area (Å²) < 4.78 is 70.1. The van der Waals surface area contributed by atoms with E-state index in [1.165, 1.54) is 16.4 Å². The van der Waals surface area contributed by atoms with Crippen LogP contribution in [0.2, 0.25) is 0 Å². The Hall–Kier alpha value is -1.81. The fourth-order valence-electron chi connectivity index (χ4n) is 2.78. The summed E-state index contributed by atoms with van der Waals surface area (Å²) in [6.07, 6.45) is -7.77. The minimum atomic E-state index is -4.84. The van der Waals surface area contributed by atoms with Crippen molar-refractivity contribution >= 4 is 16.0 Å². The quantitative estimate of drug-likeness (QED) is 0.846. The number of fused-ring (bicyclic) bond motifs is 1. The van der Waals surface area contributed by atoms with E-state index in [1.54, 1.807) is 13.8 Å². The van der Waals surface area contributed by atoms with Crippen molar-refractivity contribution < 1.29 is 36.2 Å². The van der Waals surface area contributed by atoms with Gasteiger partial charge in [0.2, 0.25) is 16.1 Å². The normalized spacial score (nSPS) is 20.9. The van der Waals surface area contributed by atoms with E-state index >= 15 is 0 Å². The zero-order valence-electron chi connectivity index (χ0n) is 13.6. The maximum Gasteiger partial charge on any atom is 0.426 e. The summed E-state index contributed by atoms with van der Waals surface area (Å²) in [5.41, 5.74) is 0.126. The monoisotopic (exact) mass is 381 g/mol. The van der Waals surface area contributed by atoms with Crippen molar-refractivity contribution in [2.45, 2.75) is 37.4 Å². The smallest absolute Gasteiger partial charge is 0.426 e. The van der Waals surface area contributed by atoms with Crippen molar-refractivity contribution in [3.63, 3.8) is 0 Å². The van der Waals surface area contributed by atoms with E-state index in [0.29, 0.717) is 0 Å². The predicted octanol–water partition coefficient (Wildman–Crippen LogP) is 2.28. The highest BCUT2D eigenvalue weighted by atomic mass is 32.2. The molecule has 0 saturated carbocycles. The number of nitrogens with zero attached hydrogens (tertiary/aromatic N) is 1. The number of sulfonamides is 1. The molecule has 1 aliphatic heterocycles. The van der Waals surface area contributed by atoms with E-state index in [0.717, 1.165) is 6.07 Å². The molecule has 0 spiro atoms. The minimum Gasteiger partial charge on any atom is -0.481 e. The van der Waals surface area contributed by atoms with Crippen LogP contribution < -0.4 is 4.74 Å². The van der Waals surface area contributed by atoms with Gasteiger partial charge in [0.1, 0.15) is 11.7 Å². The number of carbonyl (C=O) groups is 1. The first kappa shape index (κ1) is 19.5. The molecule has 2 rings (SSSR count). The standard InChI is InChI=1S/C15H18F3NO5S/c1-3-19(4-2)25(22,23)10-5-6-12-9(7-10)8-11(14(20)21)13(24-12)15(16,17)18/h5-7,11,13H,3-4,8H2,1-2H3,(H,20,21). The molecule has 0 aliphatic carbocycles. The second-order valence-electron chi connectivity index (χ2n) is 5.59. The molecule has 140 valence electrons. The fourth-order valence-corrected chi connectivity index (χ4v) is 4.29. The van der Waals surface area contributed by atoms with Gasteiger partial charge in [-0.05, 0) is 30.2 Å². The van der Waals surface area contributed by atoms with Crippen LogP contribution in [0.15, 0.2) is 23.1 Å². The Morgan fingerprint density at radius 1 is 1.32 bits per heavy atom. The summed E-state index contributed by atoms with van der Waals surface area (Å²) in [6, 6.07) is 3.50. The number of hydrogen-bond donors (Lipinski definition) is 1. The number of alkyl halides is 3. The summed E-state index contributed by atoms with van der Waals surface area (Å²) in [5, 5.41) is 9.08.